The second-order valence-electron chi connectivity index (χ2n) is 10.2. The number of carbonyl (C=O) groups is 2. The summed E-state index contributed by atoms with van der Waals surface area (Å²) in [7, 11) is 0. The third-order valence-electron chi connectivity index (χ3n) is 7.47. The Morgan fingerprint density at radius 1 is 1.05 bits per heavy atom. The first-order valence-corrected chi connectivity index (χ1v) is 14.5. The van der Waals surface area contributed by atoms with Gasteiger partial charge in [-0.25, -0.2) is 4.79 Å². The Kier molecular flexibility index (Phi) is 8.35. The Hall–Kier alpha value is -3.60. The predicted molar refractivity (Wildman–Crippen MR) is 148 cm³/mol. The van der Waals surface area contributed by atoms with E-state index in [1.165, 1.54) is 20.5 Å². The molecule has 4 heterocycles. The van der Waals surface area contributed by atoms with Crippen LogP contribution in [0.1, 0.15) is 57.4 Å². The van der Waals surface area contributed by atoms with Crippen molar-refractivity contribution < 1.29 is 19.1 Å². The zero-order valence-electron chi connectivity index (χ0n) is 22.1. The van der Waals surface area contributed by atoms with E-state index in [0.29, 0.717) is 60.5 Å². The van der Waals surface area contributed by atoms with E-state index >= 15 is 0 Å². The topological polar surface area (TPSA) is 112 Å². The highest BCUT2D eigenvalue weighted by atomic mass is 32.1. The molecule has 3 aromatic rings. The van der Waals surface area contributed by atoms with Crippen LogP contribution in [0.2, 0.25) is 0 Å². The van der Waals surface area contributed by atoms with Crippen molar-refractivity contribution in [2.75, 3.05) is 13.3 Å². The van der Waals surface area contributed by atoms with Crippen LogP contribution >= 0.6 is 11.3 Å². The maximum atomic E-state index is 13.3. The number of thiophene rings is 1. The molecule has 1 atom stereocenters. The Morgan fingerprint density at radius 3 is 2.74 bits per heavy atom. The molecule has 2 aromatic heterocycles. The lowest BCUT2D eigenvalue weighted by Gasteiger charge is -2.33. The third kappa shape index (κ3) is 6.03. The number of likely N-dealkylation sites (tertiary alicyclic amines) is 1. The molecule has 2 aliphatic heterocycles. The fourth-order valence-corrected chi connectivity index (χ4v) is 6.09. The number of hydrogen-bond acceptors (Lipinski definition) is 7. The van der Waals surface area contributed by atoms with Gasteiger partial charge in [-0.15, -0.1) is 11.3 Å². The highest BCUT2D eigenvalue weighted by molar-refractivity contribution is 7.17. The van der Waals surface area contributed by atoms with Crippen molar-refractivity contribution in [3.63, 3.8) is 0 Å². The molecule has 1 N–H and O–H groups in total. The van der Waals surface area contributed by atoms with Crippen molar-refractivity contribution >= 4 is 33.4 Å². The Balaban J connectivity index is 1.15. The van der Waals surface area contributed by atoms with Crippen molar-refractivity contribution in [2.24, 2.45) is 0 Å². The highest BCUT2D eigenvalue weighted by Crippen LogP contribution is 2.32. The van der Waals surface area contributed by atoms with Crippen LogP contribution in [0.5, 0.6) is 11.5 Å². The van der Waals surface area contributed by atoms with Gasteiger partial charge in [0.1, 0.15) is 11.2 Å². The summed E-state index contributed by atoms with van der Waals surface area (Å²) in [5, 5.41) is 4.69. The summed E-state index contributed by atoms with van der Waals surface area (Å²) in [6.45, 7) is 3.53. The lowest BCUT2D eigenvalue weighted by molar-refractivity contribution is -0.135. The van der Waals surface area contributed by atoms with Crippen molar-refractivity contribution in [2.45, 2.75) is 77.5 Å². The van der Waals surface area contributed by atoms with Gasteiger partial charge < -0.3 is 19.7 Å². The van der Waals surface area contributed by atoms with Gasteiger partial charge in [0.2, 0.25) is 18.6 Å². The summed E-state index contributed by atoms with van der Waals surface area (Å²) in [4.78, 5) is 53.6. The molecule has 2 aliphatic rings. The molecule has 2 amide bonds. The first-order chi connectivity index (χ1) is 18.9. The number of amides is 2. The minimum atomic E-state index is -0.453. The lowest BCUT2D eigenvalue weighted by Crippen LogP contribution is -2.46. The molecule has 0 aliphatic carbocycles. The summed E-state index contributed by atoms with van der Waals surface area (Å²) >= 11 is 1.29. The van der Waals surface area contributed by atoms with E-state index in [1.807, 2.05) is 30.0 Å². The van der Waals surface area contributed by atoms with Crippen molar-refractivity contribution in [1.82, 2.24) is 19.4 Å². The Labute approximate surface area is 230 Å². The zero-order chi connectivity index (χ0) is 27.4. The van der Waals surface area contributed by atoms with Gasteiger partial charge in [-0.2, -0.15) is 0 Å². The van der Waals surface area contributed by atoms with Crippen LogP contribution in [0.25, 0.3) is 10.2 Å². The number of fused-ring (bicyclic) bond motifs is 2. The van der Waals surface area contributed by atoms with E-state index in [1.54, 1.807) is 11.4 Å². The number of benzene rings is 1. The predicted octanol–water partition coefficient (Wildman–Crippen LogP) is 3.23. The van der Waals surface area contributed by atoms with Crippen molar-refractivity contribution in [3.8, 4) is 11.5 Å². The second-order valence-corrected chi connectivity index (χ2v) is 11.1. The maximum absolute atomic E-state index is 13.3. The SMILES string of the molecule is CC1CCCCN1C(=O)Cn1c(=O)n(CCCCCC(=O)NCc2ccc3c(c2)OCO3)c(=O)c2sccc21. The molecule has 0 radical (unpaired) electrons. The molecule has 0 saturated carbocycles. The van der Waals surface area contributed by atoms with Gasteiger partial charge in [0.15, 0.2) is 11.5 Å². The number of hydrogen-bond donors (Lipinski definition) is 1. The van der Waals surface area contributed by atoms with E-state index in [-0.39, 0.29) is 43.3 Å². The largest absolute Gasteiger partial charge is 0.454 e. The molecule has 208 valence electrons. The normalized spacial score (nSPS) is 16.5. The van der Waals surface area contributed by atoms with Crippen LogP contribution in [-0.2, 0) is 29.2 Å². The highest BCUT2D eigenvalue weighted by Gasteiger charge is 2.25. The summed E-state index contributed by atoms with van der Waals surface area (Å²) in [6, 6.07) is 7.47. The van der Waals surface area contributed by atoms with Crippen molar-refractivity contribution in [1.29, 1.82) is 0 Å². The van der Waals surface area contributed by atoms with Crippen LogP contribution in [0, 0.1) is 0 Å². The van der Waals surface area contributed by atoms with Crippen LogP contribution in [-0.4, -0.2) is 45.2 Å². The molecule has 39 heavy (non-hydrogen) atoms. The summed E-state index contributed by atoms with van der Waals surface area (Å²) in [6.07, 6.45) is 5.30. The van der Waals surface area contributed by atoms with Crippen LogP contribution in [0.15, 0.2) is 39.2 Å². The second kappa shape index (κ2) is 12.1. The zero-order valence-corrected chi connectivity index (χ0v) is 23.0. The molecule has 1 aromatic carbocycles. The van der Waals surface area contributed by atoms with E-state index < -0.39 is 5.69 Å². The van der Waals surface area contributed by atoms with E-state index in [0.717, 1.165) is 24.8 Å². The Bertz CT molecular complexity index is 1470. The summed E-state index contributed by atoms with van der Waals surface area (Å²) in [5.41, 5.74) is 0.677. The number of nitrogens with one attached hydrogen (secondary N) is 1. The Morgan fingerprint density at radius 2 is 1.90 bits per heavy atom. The fraction of sp³-hybridized carbons (Fsp3) is 0.500. The first kappa shape index (κ1) is 27.0. The maximum Gasteiger partial charge on any atom is 0.332 e. The van der Waals surface area contributed by atoms with Crippen molar-refractivity contribution in [3.05, 3.63) is 56.0 Å². The standard InChI is InChI=1S/C28H34N4O6S/c1-19-7-4-6-12-30(19)25(34)17-32-21-11-14-39-26(21)27(35)31(28(32)36)13-5-2-3-8-24(33)29-16-20-9-10-22-23(15-20)38-18-37-22/h9-11,14-15,19H,2-8,12-13,16-18H2,1H3,(H,29,33). The van der Waals surface area contributed by atoms with Crippen LogP contribution < -0.4 is 26.0 Å². The third-order valence-corrected chi connectivity index (χ3v) is 8.36. The number of aromatic nitrogens is 2. The van der Waals surface area contributed by atoms with E-state index in [9.17, 15) is 19.2 Å². The van der Waals surface area contributed by atoms with E-state index in [4.69, 9.17) is 9.47 Å². The van der Waals surface area contributed by atoms with E-state index in [2.05, 4.69) is 5.32 Å². The number of nitrogens with zero attached hydrogens (tertiary/aromatic N) is 3. The quantitative estimate of drug-likeness (QED) is 0.385. The molecule has 5 rings (SSSR count). The average molecular weight is 555 g/mol. The monoisotopic (exact) mass is 554 g/mol. The smallest absolute Gasteiger partial charge is 0.332 e. The number of ether oxygens (including phenoxy) is 2. The van der Waals surface area contributed by atoms with Gasteiger partial charge in [-0.3, -0.25) is 23.5 Å². The molecule has 11 heteroatoms. The van der Waals surface area contributed by atoms with Crippen LogP contribution in [0.4, 0.5) is 0 Å². The number of piperidine rings is 1. The minimum Gasteiger partial charge on any atom is -0.454 e. The van der Waals surface area contributed by atoms with Gasteiger partial charge in [0.05, 0.1) is 5.52 Å². The van der Waals surface area contributed by atoms with Gasteiger partial charge >= 0.3 is 5.69 Å². The number of unbranched alkanes of at least 4 members (excludes halogenated alkanes) is 2. The molecule has 1 unspecified atom stereocenters. The molecule has 10 nitrogen and oxygen atoms in total. The number of carbonyl (C=O) groups excluding carboxylic acids is 2. The first-order valence-electron chi connectivity index (χ1n) is 13.6. The molecular formula is C28H34N4O6S. The molecule has 0 spiro atoms. The molecule has 1 saturated heterocycles. The van der Waals surface area contributed by atoms with Gasteiger partial charge in [0.25, 0.3) is 5.56 Å². The lowest BCUT2D eigenvalue weighted by atomic mass is 10.0. The van der Waals surface area contributed by atoms with Gasteiger partial charge in [-0.05, 0) is 68.2 Å². The minimum absolute atomic E-state index is 0.0577. The molecule has 1 fully saturated rings. The molecule has 0 bridgehead atoms. The summed E-state index contributed by atoms with van der Waals surface area (Å²) < 4.78 is 13.8. The van der Waals surface area contributed by atoms with Crippen LogP contribution in [0.3, 0.4) is 0 Å². The average Bonchev–Trinajstić information content (AvgIpc) is 3.61. The summed E-state index contributed by atoms with van der Waals surface area (Å²) in [5.74, 6) is 1.24. The van der Waals surface area contributed by atoms with Gasteiger partial charge in [-0.1, -0.05) is 12.5 Å². The fourth-order valence-electron chi connectivity index (χ4n) is 5.25. The number of rotatable bonds is 10. The van der Waals surface area contributed by atoms with Gasteiger partial charge in [0, 0.05) is 32.1 Å². The molecular weight excluding hydrogens is 520 g/mol.